The lowest BCUT2D eigenvalue weighted by molar-refractivity contribution is -0.145. The van der Waals surface area contributed by atoms with Gasteiger partial charge in [0.2, 0.25) is 0 Å². The SMILES string of the molecule is COC(=O)/C=C/C(=O)OCCOCCOC(=O)Cc1c(-c2ccc(Cl)cc2)cc2n1C(c1ccccc1)C(C)(C)C2. The Morgan fingerprint density at radius 2 is 1.59 bits per heavy atom. The van der Waals surface area contributed by atoms with Crippen molar-refractivity contribution in [3.63, 3.8) is 0 Å². The largest absolute Gasteiger partial charge is 0.466 e. The van der Waals surface area contributed by atoms with Crippen LogP contribution >= 0.6 is 11.6 Å². The van der Waals surface area contributed by atoms with Gasteiger partial charge in [0.1, 0.15) is 13.2 Å². The van der Waals surface area contributed by atoms with Gasteiger partial charge >= 0.3 is 17.9 Å². The lowest BCUT2D eigenvalue weighted by Gasteiger charge is -2.30. The summed E-state index contributed by atoms with van der Waals surface area (Å²) in [5.41, 5.74) is 5.21. The molecule has 0 bridgehead atoms. The van der Waals surface area contributed by atoms with E-state index in [1.165, 1.54) is 18.4 Å². The number of ether oxygens (including phenoxy) is 4. The Kier molecular flexibility index (Phi) is 10.0. The first-order valence-electron chi connectivity index (χ1n) is 13.4. The normalized spacial score (nSPS) is 15.5. The Hall–Kier alpha value is -3.88. The van der Waals surface area contributed by atoms with Gasteiger partial charge in [-0.1, -0.05) is 67.9 Å². The maximum atomic E-state index is 13.1. The molecule has 3 aromatic rings. The standard InChI is InChI=1S/C32H34ClNO7/c1-32(2)21-25-19-26(22-9-11-24(33)12-10-22)27(34(25)31(32)23-7-5-4-6-8-23)20-30(37)41-18-16-39-15-17-40-29(36)14-13-28(35)38-3/h4-14,19,31H,15-18,20-21H2,1-3H3/b14-13+. The third kappa shape index (κ3) is 7.65. The second-order valence-corrected chi connectivity index (χ2v) is 10.8. The molecule has 0 saturated heterocycles. The number of fused-ring (bicyclic) bond motifs is 1. The molecule has 0 radical (unpaired) electrons. The van der Waals surface area contributed by atoms with Crippen molar-refractivity contribution < 1.29 is 33.3 Å². The highest BCUT2D eigenvalue weighted by Gasteiger charge is 2.42. The first-order valence-corrected chi connectivity index (χ1v) is 13.8. The first kappa shape index (κ1) is 30.1. The Balaban J connectivity index is 1.40. The highest BCUT2D eigenvalue weighted by Crippen LogP contribution is 2.49. The maximum Gasteiger partial charge on any atom is 0.331 e. The van der Waals surface area contributed by atoms with Crippen molar-refractivity contribution in [3.05, 3.63) is 94.8 Å². The molecule has 0 fully saturated rings. The fraction of sp³-hybridized carbons (Fsp3) is 0.344. The number of aromatic nitrogens is 1. The van der Waals surface area contributed by atoms with E-state index in [1.54, 1.807) is 0 Å². The topological polar surface area (TPSA) is 93.1 Å². The summed E-state index contributed by atoms with van der Waals surface area (Å²) < 4.78 is 22.6. The van der Waals surface area contributed by atoms with Crippen LogP contribution in [-0.4, -0.2) is 56.0 Å². The third-order valence-corrected chi connectivity index (χ3v) is 7.21. The number of halogens is 1. The van der Waals surface area contributed by atoms with Crippen molar-refractivity contribution in [2.24, 2.45) is 5.41 Å². The number of benzene rings is 2. The van der Waals surface area contributed by atoms with E-state index in [0.29, 0.717) is 5.02 Å². The molecule has 0 saturated carbocycles. The molecular weight excluding hydrogens is 546 g/mol. The maximum absolute atomic E-state index is 13.1. The minimum absolute atomic E-state index is 0.00427. The van der Waals surface area contributed by atoms with Crippen LogP contribution in [-0.2, 0) is 46.2 Å². The smallest absolute Gasteiger partial charge is 0.331 e. The van der Waals surface area contributed by atoms with Crippen molar-refractivity contribution in [2.75, 3.05) is 33.5 Å². The van der Waals surface area contributed by atoms with Crippen LogP contribution in [0.2, 0.25) is 5.02 Å². The zero-order valence-electron chi connectivity index (χ0n) is 23.4. The van der Waals surface area contributed by atoms with E-state index in [2.05, 4.69) is 41.4 Å². The summed E-state index contributed by atoms with van der Waals surface area (Å²) in [5, 5.41) is 0.650. The Morgan fingerprint density at radius 3 is 2.27 bits per heavy atom. The van der Waals surface area contributed by atoms with Gasteiger partial charge in [-0.25, -0.2) is 9.59 Å². The van der Waals surface area contributed by atoms with Gasteiger partial charge in [0.25, 0.3) is 0 Å². The second kappa shape index (κ2) is 13.7. The predicted molar refractivity (Wildman–Crippen MR) is 155 cm³/mol. The van der Waals surface area contributed by atoms with E-state index in [4.69, 9.17) is 25.8 Å². The van der Waals surface area contributed by atoms with Gasteiger partial charge in [-0.3, -0.25) is 4.79 Å². The number of carbonyl (C=O) groups is 3. The zero-order valence-corrected chi connectivity index (χ0v) is 24.2. The van der Waals surface area contributed by atoms with Crippen molar-refractivity contribution in [3.8, 4) is 11.1 Å². The third-order valence-electron chi connectivity index (χ3n) is 6.96. The quantitative estimate of drug-likeness (QED) is 0.123. The van der Waals surface area contributed by atoms with Crippen LogP contribution in [0.1, 0.15) is 36.8 Å². The van der Waals surface area contributed by atoms with E-state index >= 15 is 0 Å². The number of hydrogen-bond acceptors (Lipinski definition) is 7. The average Bonchev–Trinajstić information content (AvgIpc) is 3.42. The molecule has 41 heavy (non-hydrogen) atoms. The van der Waals surface area contributed by atoms with Crippen molar-refractivity contribution in [1.29, 1.82) is 0 Å². The van der Waals surface area contributed by atoms with Gasteiger partial charge in [0.15, 0.2) is 0 Å². The molecule has 0 aliphatic carbocycles. The van der Waals surface area contributed by atoms with Crippen LogP contribution in [0, 0.1) is 5.41 Å². The Labute approximate surface area is 244 Å². The van der Waals surface area contributed by atoms with E-state index in [9.17, 15) is 14.4 Å². The van der Waals surface area contributed by atoms with Crippen LogP contribution in [0.15, 0.2) is 72.8 Å². The molecule has 8 nitrogen and oxygen atoms in total. The number of carbonyl (C=O) groups excluding carboxylic acids is 3. The van der Waals surface area contributed by atoms with E-state index in [-0.39, 0.29) is 50.3 Å². The number of esters is 3. The molecule has 4 rings (SSSR count). The van der Waals surface area contributed by atoms with Gasteiger partial charge in [-0.15, -0.1) is 0 Å². The van der Waals surface area contributed by atoms with Crippen molar-refractivity contribution >= 4 is 29.5 Å². The summed E-state index contributed by atoms with van der Waals surface area (Å²) in [6.45, 7) is 4.84. The summed E-state index contributed by atoms with van der Waals surface area (Å²) in [5.74, 6) is -1.69. The first-order chi connectivity index (χ1) is 19.7. The number of methoxy groups -OCH3 is 1. The molecule has 0 N–H and O–H groups in total. The molecular formula is C32H34ClNO7. The fourth-order valence-corrected chi connectivity index (χ4v) is 5.37. The van der Waals surface area contributed by atoms with Gasteiger partial charge < -0.3 is 23.5 Å². The van der Waals surface area contributed by atoms with Crippen LogP contribution in [0.5, 0.6) is 0 Å². The molecule has 2 heterocycles. The van der Waals surface area contributed by atoms with Crippen LogP contribution in [0.3, 0.4) is 0 Å². The predicted octanol–water partition coefficient (Wildman–Crippen LogP) is 5.35. The average molecular weight is 580 g/mol. The highest BCUT2D eigenvalue weighted by atomic mass is 35.5. The van der Waals surface area contributed by atoms with Gasteiger partial charge in [0, 0.05) is 34.1 Å². The van der Waals surface area contributed by atoms with E-state index < -0.39 is 11.9 Å². The minimum Gasteiger partial charge on any atom is -0.466 e. The number of hydrogen-bond donors (Lipinski definition) is 0. The molecule has 1 atom stereocenters. The Morgan fingerprint density at radius 1 is 0.927 bits per heavy atom. The summed E-state index contributed by atoms with van der Waals surface area (Å²) in [6.07, 6.45) is 2.93. The summed E-state index contributed by atoms with van der Waals surface area (Å²) in [7, 11) is 1.21. The highest BCUT2D eigenvalue weighted by molar-refractivity contribution is 6.30. The van der Waals surface area contributed by atoms with Crippen LogP contribution in [0.25, 0.3) is 11.1 Å². The monoisotopic (exact) mass is 579 g/mol. The number of rotatable bonds is 12. The molecule has 1 aliphatic rings. The molecule has 216 valence electrons. The summed E-state index contributed by atoms with van der Waals surface area (Å²) in [6, 6.07) is 20.3. The lowest BCUT2D eigenvalue weighted by atomic mass is 9.79. The Bertz CT molecular complexity index is 1390. The van der Waals surface area contributed by atoms with Gasteiger partial charge in [-0.2, -0.15) is 0 Å². The van der Waals surface area contributed by atoms with Crippen LogP contribution in [0.4, 0.5) is 0 Å². The zero-order chi connectivity index (χ0) is 29.4. The van der Waals surface area contributed by atoms with Crippen molar-refractivity contribution in [1.82, 2.24) is 4.57 Å². The molecule has 1 aromatic heterocycles. The molecule has 1 unspecified atom stereocenters. The van der Waals surface area contributed by atoms with E-state index in [0.717, 1.165) is 35.4 Å². The van der Waals surface area contributed by atoms with Gasteiger partial charge in [0.05, 0.1) is 32.8 Å². The minimum atomic E-state index is -0.682. The summed E-state index contributed by atoms with van der Waals surface area (Å²) >= 11 is 6.15. The lowest BCUT2D eigenvalue weighted by Crippen LogP contribution is -2.25. The molecule has 9 heteroatoms. The van der Waals surface area contributed by atoms with E-state index in [1.807, 2.05) is 42.5 Å². The van der Waals surface area contributed by atoms with Gasteiger partial charge in [-0.05, 0) is 41.2 Å². The molecule has 0 spiro atoms. The summed E-state index contributed by atoms with van der Waals surface area (Å²) in [4.78, 5) is 35.6. The molecule has 1 aliphatic heterocycles. The molecule has 2 aromatic carbocycles. The number of nitrogens with zero attached hydrogens (tertiary/aromatic N) is 1. The second-order valence-electron chi connectivity index (χ2n) is 10.4. The molecule has 0 amide bonds. The van der Waals surface area contributed by atoms with Crippen LogP contribution < -0.4 is 0 Å². The fourth-order valence-electron chi connectivity index (χ4n) is 5.25. The van der Waals surface area contributed by atoms with Crippen molar-refractivity contribution in [2.45, 2.75) is 32.7 Å².